The summed E-state index contributed by atoms with van der Waals surface area (Å²) in [4.78, 5) is 11.2. The fraction of sp³-hybridized carbons (Fsp3) is 0.639. The van der Waals surface area contributed by atoms with Gasteiger partial charge in [0, 0.05) is 6.42 Å². The molecule has 4 saturated carbocycles. The number of hydrogen-bond acceptors (Lipinski definition) is 2. The average Bonchev–Trinajstić information content (AvgIpc) is 3.30. The zero-order chi connectivity index (χ0) is 29.2. The smallest absolute Gasteiger partial charge is 0.303 e. The highest BCUT2D eigenvalue weighted by Gasteiger charge is 2.61. The van der Waals surface area contributed by atoms with E-state index in [0.717, 1.165) is 43.1 Å². The topological polar surface area (TPSA) is 57.5 Å². The molecule has 9 atom stereocenters. The molecular formula is C36H46F2O3. The molecule has 0 aliphatic heterocycles. The lowest BCUT2D eigenvalue weighted by atomic mass is 9.43. The van der Waals surface area contributed by atoms with Gasteiger partial charge < -0.3 is 10.2 Å². The Hall–Kier alpha value is -2.27. The molecular weight excluding hydrogens is 518 g/mol. The number of halogens is 2. The van der Waals surface area contributed by atoms with E-state index in [1.54, 1.807) is 12.1 Å². The van der Waals surface area contributed by atoms with Crippen LogP contribution >= 0.6 is 0 Å². The van der Waals surface area contributed by atoms with E-state index in [0.29, 0.717) is 41.1 Å². The first-order valence-electron chi connectivity index (χ1n) is 16.0. The van der Waals surface area contributed by atoms with Gasteiger partial charge in [-0.2, -0.15) is 0 Å². The van der Waals surface area contributed by atoms with Crippen molar-refractivity contribution in [3.63, 3.8) is 0 Å². The Morgan fingerprint density at radius 3 is 2.27 bits per heavy atom. The summed E-state index contributed by atoms with van der Waals surface area (Å²) < 4.78 is 28.7. The van der Waals surface area contributed by atoms with Crippen molar-refractivity contribution in [1.29, 1.82) is 0 Å². The maximum atomic E-state index is 14.3. The number of aliphatic hydroxyl groups is 1. The largest absolute Gasteiger partial charge is 0.481 e. The van der Waals surface area contributed by atoms with Crippen LogP contribution in [0.2, 0.25) is 0 Å². The number of fused-ring (bicyclic) bond motifs is 5. The fourth-order valence-corrected chi connectivity index (χ4v) is 10.8. The second-order valence-corrected chi connectivity index (χ2v) is 14.7. The molecule has 5 heteroatoms. The molecule has 41 heavy (non-hydrogen) atoms. The van der Waals surface area contributed by atoms with Gasteiger partial charge >= 0.3 is 5.97 Å². The third-order valence-corrected chi connectivity index (χ3v) is 13.0. The molecule has 2 aromatic carbocycles. The van der Waals surface area contributed by atoms with Crippen molar-refractivity contribution in [3.05, 3.63) is 59.7 Å². The van der Waals surface area contributed by atoms with Crippen LogP contribution in [0.1, 0.15) is 97.0 Å². The summed E-state index contributed by atoms with van der Waals surface area (Å²) in [5.74, 6) is 1.84. The summed E-state index contributed by atoms with van der Waals surface area (Å²) in [5, 5.41) is 21.2. The summed E-state index contributed by atoms with van der Waals surface area (Å²) >= 11 is 0. The molecule has 0 aromatic heterocycles. The third-order valence-electron chi connectivity index (χ3n) is 13.0. The van der Waals surface area contributed by atoms with Gasteiger partial charge in [0.05, 0.1) is 11.2 Å². The second kappa shape index (κ2) is 10.5. The number of hydrogen-bond donors (Lipinski definition) is 2. The maximum Gasteiger partial charge on any atom is 0.303 e. The molecule has 4 fully saturated rings. The SMILES string of the molecule is C[C@H](CCC(=O)O)[C@H]1CC[C@H]2[C@@H]3CC[C@@H]4C[C@](O)(c5ccc(-c6c(F)cccc6F)cc5)CC[C@]4(C)[C@H]3CC[C@]12C. The van der Waals surface area contributed by atoms with Crippen molar-refractivity contribution in [2.75, 3.05) is 0 Å². The highest BCUT2D eigenvalue weighted by molar-refractivity contribution is 5.66. The number of benzene rings is 2. The van der Waals surface area contributed by atoms with E-state index in [9.17, 15) is 23.8 Å². The monoisotopic (exact) mass is 564 g/mol. The first-order valence-corrected chi connectivity index (χ1v) is 16.0. The molecule has 0 heterocycles. The van der Waals surface area contributed by atoms with Crippen LogP contribution in [0.3, 0.4) is 0 Å². The first-order chi connectivity index (χ1) is 19.5. The van der Waals surface area contributed by atoms with Gasteiger partial charge in [0.2, 0.25) is 0 Å². The average molecular weight is 565 g/mol. The molecule has 222 valence electrons. The van der Waals surface area contributed by atoms with E-state index in [2.05, 4.69) is 20.8 Å². The summed E-state index contributed by atoms with van der Waals surface area (Å²) in [6.45, 7) is 7.31. The third kappa shape index (κ3) is 4.75. The first kappa shape index (κ1) is 28.8. The van der Waals surface area contributed by atoms with E-state index in [1.807, 2.05) is 12.1 Å². The second-order valence-electron chi connectivity index (χ2n) is 14.7. The van der Waals surface area contributed by atoms with Crippen LogP contribution in [-0.4, -0.2) is 16.2 Å². The fourth-order valence-electron chi connectivity index (χ4n) is 10.8. The summed E-state index contributed by atoms with van der Waals surface area (Å²) in [6, 6.07) is 11.2. The zero-order valence-corrected chi connectivity index (χ0v) is 24.8. The summed E-state index contributed by atoms with van der Waals surface area (Å²) in [5.41, 5.74) is 0.954. The van der Waals surface area contributed by atoms with Gasteiger partial charge in [0.1, 0.15) is 11.6 Å². The molecule has 6 rings (SSSR count). The lowest BCUT2D eigenvalue weighted by Gasteiger charge is -2.62. The van der Waals surface area contributed by atoms with Crippen molar-refractivity contribution < 1.29 is 23.8 Å². The highest BCUT2D eigenvalue weighted by atomic mass is 19.1. The summed E-state index contributed by atoms with van der Waals surface area (Å²) in [6.07, 6.45) is 10.9. The highest BCUT2D eigenvalue weighted by Crippen LogP contribution is 2.69. The van der Waals surface area contributed by atoms with Crippen molar-refractivity contribution in [2.45, 2.75) is 97.0 Å². The molecule has 0 bridgehead atoms. The van der Waals surface area contributed by atoms with Gasteiger partial charge in [-0.05, 0) is 134 Å². The van der Waals surface area contributed by atoms with Crippen LogP contribution in [0, 0.1) is 58.0 Å². The van der Waals surface area contributed by atoms with Crippen LogP contribution in [0.25, 0.3) is 11.1 Å². The lowest BCUT2D eigenvalue weighted by molar-refractivity contribution is -0.155. The molecule has 2 aromatic rings. The predicted molar refractivity (Wildman–Crippen MR) is 157 cm³/mol. The Morgan fingerprint density at radius 2 is 1.59 bits per heavy atom. The van der Waals surface area contributed by atoms with Crippen LogP contribution in [-0.2, 0) is 10.4 Å². The zero-order valence-electron chi connectivity index (χ0n) is 24.8. The van der Waals surface area contributed by atoms with Gasteiger partial charge in [-0.15, -0.1) is 0 Å². The van der Waals surface area contributed by atoms with Crippen molar-refractivity contribution >= 4 is 5.97 Å². The van der Waals surface area contributed by atoms with Crippen LogP contribution in [0.5, 0.6) is 0 Å². The van der Waals surface area contributed by atoms with Crippen molar-refractivity contribution in [3.8, 4) is 11.1 Å². The normalized spacial score (nSPS) is 38.9. The molecule has 4 aliphatic rings. The number of carboxylic acids is 1. The minimum Gasteiger partial charge on any atom is -0.481 e. The van der Waals surface area contributed by atoms with Crippen LogP contribution in [0.15, 0.2) is 42.5 Å². The molecule has 2 N–H and O–H groups in total. The minimum absolute atomic E-state index is 0.0182. The molecule has 0 amide bonds. The van der Waals surface area contributed by atoms with Gasteiger partial charge in [0.25, 0.3) is 0 Å². The van der Waals surface area contributed by atoms with E-state index in [4.69, 9.17) is 0 Å². The number of rotatable bonds is 6. The number of carboxylic acid groups (broad SMARTS) is 1. The minimum atomic E-state index is -0.912. The van der Waals surface area contributed by atoms with Gasteiger partial charge in [0.15, 0.2) is 0 Å². The van der Waals surface area contributed by atoms with E-state index >= 15 is 0 Å². The molecule has 0 saturated heterocycles. The number of aliphatic carboxylic acids is 1. The van der Waals surface area contributed by atoms with Gasteiger partial charge in [-0.3, -0.25) is 4.79 Å². The van der Waals surface area contributed by atoms with E-state index in [-0.39, 0.29) is 17.4 Å². The van der Waals surface area contributed by atoms with Crippen LogP contribution < -0.4 is 0 Å². The van der Waals surface area contributed by atoms with Gasteiger partial charge in [-0.1, -0.05) is 51.1 Å². The van der Waals surface area contributed by atoms with Crippen molar-refractivity contribution in [2.24, 2.45) is 46.3 Å². The Bertz CT molecular complexity index is 1270. The van der Waals surface area contributed by atoms with Crippen molar-refractivity contribution in [1.82, 2.24) is 0 Å². The Labute approximate surface area is 243 Å². The summed E-state index contributed by atoms with van der Waals surface area (Å²) in [7, 11) is 0. The Balaban J connectivity index is 1.17. The molecule has 0 radical (unpaired) electrons. The number of carbonyl (C=O) groups is 1. The predicted octanol–water partition coefficient (Wildman–Crippen LogP) is 8.98. The van der Waals surface area contributed by atoms with Gasteiger partial charge in [-0.25, -0.2) is 8.78 Å². The van der Waals surface area contributed by atoms with Crippen LogP contribution in [0.4, 0.5) is 8.78 Å². The Kier molecular flexibility index (Phi) is 7.36. The molecule has 4 aliphatic carbocycles. The molecule has 3 nitrogen and oxygen atoms in total. The Morgan fingerprint density at radius 1 is 0.902 bits per heavy atom. The molecule has 0 spiro atoms. The quantitative estimate of drug-likeness (QED) is 0.368. The standard InChI is InChI=1S/C36H46F2O3/c1-22(7-16-32(39)40)27-14-15-28-26-13-12-25-21-36(41,20-19-34(25,2)29(26)17-18-35(27,28)3)24-10-8-23(9-11-24)33-30(37)5-4-6-31(33)38/h4-6,8-11,22,25-29,41H,7,12-21H2,1-3H3,(H,39,40)/t22-,25-,26+,27-,28+,29+,34+,35-,36+/m1/s1. The van der Waals surface area contributed by atoms with E-state index in [1.165, 1.54) is 50.3 Å². The molecule has 0 unspecified atom stereocenters. The maximum absolute atomic E-state index is 14.3. The lowest BCUT2D eigenvalue weighted by Crippen LogP contribution is -2.55. The van der Waals surface area contributed by atoms with E-state index < -0.39 is 23.2 Å².